The van der Waals surface area contributed by atoms with Gasteiger partial charge in [-0.2, -0.15) is 0 Å². The van der Waals surface area contributed by atoms with Crippen LogP contribution in [0.3, 0.4) is 0 Å². The van der Waals surface area contributed by atoms with Crippen LogP contribution in [0.1, 0.15) is 12.8 Å². The fourth-order valence-electron chi connectivity index (χ4n) is 4.35. The maximum absolute atomic E-state index is 12.6. The molecule has 3 aromatic rings. The highest BCUT2D eigenvalue weighted by Gasteiger charge is 2.60. The van der Waals surface area contributed by atoms with Crippen molar-refractivity contribution in [2.24, 2.45) is 0 Å². The molecule has 0 aromatic heterocycles. The Labute approximate surface area is 184 Å². The summed E-state index contributed by atoms with van der Waals surface area (Å²) in [4.78, 5) is 50.6. The number of hydrogen-bond acceptors (Lipinski definition) is 4. The summed E-state index contributed by atoms with van der Waals surface area (Å²) in [6, 6.07) is 24.4. The second-order valence-corrected chi connectivity index (χ2v) is 7.82. The van der Waals surface area contributed by atoms with E-state index in [0.29, 0.717) is 5.69 Å². The minimum Gasteiger partial charge on any atom is -0.289 e. The molecule has 2 saturated heterocycles. The van der Waals surface area contributed by atoms with Gasteiger partial charge in [0.05, 0.1) is 0 Å². The van der Waals surface area contributed by atoms with Crippen LogP contribution in [0.15, 0.2) is 78.9 Å². The summed E-state index contributed by atoms with van der Waals surface area (Å²) in [5.74, 6) is -1.90. The van der Waals surface area contributed by atoms with Crippen LogP contribution in [0.4, 0.5) is 10.5 Å². The van der Waals surface area contributed by atoms with E-state index in [1.165, 1.54) is 4.90 Å². The van der Waals surface area contributed by atoms with Gasteiger partial charge in [0.2, 0.25) is 11.4 Å². The highest BCUT2D eigenvalue weighted by Crippen LogP contribution is 2.37. The Kier molecular flexibility index (Phi) is 4.59. The third-order valence-electron chi connectivity index (χ3n) is 5.99. The predicted octanol–water partition coefficient (Wildman–Crippen LogP) is 3.25. The molecule has 5 rings (SSSR count). The third-order valence-corrected chi connectivity index (χ3v) is 5.99. The molecule has 0 aliphatic carbocycles. The molecule has 2 fully saturated rings. The maximum Gasteiger partial charge on any atom is 0.328 e. The standard InChI is InChI=1S/C25H19N3O4/c29-21-14-15-25(22(30)26-24(32)27-23(25)31)28(21)20-12-10-19(11-13-20)18-8-6-17(7-9-18)16-4-2-1-3-5-16/h1-13H,14-15H2,(H2,26,27,30,31,32). The molecule has 0 radical (unpaired) electrons. The Hall–Kier alpha value is -4.26. The first-order valence-corrected chi connectivity index (χ1v) is 10.2. The number of imide groups is 2. The van der Waals surface area contributed by atoms with Crippen molar-refractivity contribution in [1.82, 2.24) is 10.6 Å². The number of nitrogens with zero attached hydrogens (tertiary/aromatic N) is 1. The maximum atomic E-state index is 12.6. The van der Waals surface area contributed by atoms with E-state index >= 15 is 0 Å². The van der Waals surface area contributed by atoms with Gasteiger partial charge in [-0.25, -0.2) is 4.79 Å². The zero-order valence-corrected chi connectivity index (χ0v) is 17.0. The van der Waals surface area contributed by atoms with Crippen LogP contribution in [0.25, 0.3) is 22.3 Å². The fraction of sp³-hybridized carbons (Fsp3) is 0.120. The number of nitrogens with one attached hydrogen (secondary N) is 2. The number of anilines is 1. The zero-order valence-electron chi connectivity index (χ0n) is 17.0. The topological polar surface area (TPSA) is 95.6 Å². The average Bonchev–Trinajstić information content (AvgIpc) is 3.17. The van der Waals surface area contributed by atoms with E-state index in [1.807, 2.05) is 54.6 Å². The van der Waals surface area contributed by atoms with Gasteiger partial charge in [0.15, 0.2) is 0 Å². The number of urea groups is 1. The van der Waals surface area contributed by atoms with Gasteiger partial charge >= 0.3 is 6.03 Å². The number of hydrogen-bond donors (Lipinski definition) is 2. The van der Waals surface area contributed by atoms with Crippen LogP contribution in [0, 0.1) is 0 Å². The van der Waals surface area contributed by atoms with Crippen LogP contribution < -0.4 is 15.5 Å². The lowest BCUT2D eigenvalue weighted by Gasteiger charge is -2.37. The summed E-state index contributed by atoms with van der Waals surface area (Å²) in [6.45, 7) is 0. The van der Waals surface area contributed by atoms with Crippen molar-refractivity contribution in [3.8, 4) is 22.3 Å². The summed E-state index contributed by atoms with van der Waals surface area (Å²) in [5, 5.41) is 4.23. The molecule has 2 aliphatic rings. The highest BCUT2D eigenvalue weighted by molar-refractivity contribution is 6.28. The van der Waals surface area contributed by atoms with E-state index in [-0.39, 0.29) is 18.7 Å². The smallest absolute Gasteiger partial charge is 0.289 e. The van der Waals surface area contributed by atoms with Crippen molar-refractivity contribution in [2.75, 3.05) is 4.90 Å². The van der Waals surface area contributed by atoms with Crippen LogP contribution in [-0.4, -0.2) is 29.3 Å². The van der Waals surface area contributed by atoms with Crippen LogP contribution in [0.2, 0.25) is 0 Å². The molecule has 0 atom stereocenters. The van der Waals surface area contributed by atoms with E-state index in [1.54, 1.807) is 12.1 Å². The first-order valence-electron chi connectivity index (χ1n) is 10.2. The van der Waals surface area contributed by atoms with Crippen molar-refractivity contribution < 1.29 is 19.2 Å². The van der Waals surface area contributed by atoms with Gasteiger partial charge in [-0.05, 0) is 40.8 Å². The Morgan fingerprint density at radius 3 is 1.62 bits per heavy atom. The number of carbonyl (C=O) groups excluding carboxylic acids is 4. The Balaban J connectivity index is 1.44. The zero-order chi connectivity index (χ0) is 22.3. The summed E-state index contributed by atoms with van der Waals surface area (Å²) in [6.07, 6.45) is 0.0528. The van der Waals surface area contributed by atoms with Crippen molar-refractivity contribution in [1.29, 1.82) is 0 Å². The minimum atomic E-state index is -1.75. The quantitative estimate of drug-likeness (QED) is 0.630. The van der Waals surface area contributed by atoms with Crippen LogP contribution in [0.5, 0.6) is 0 Å². The molecule has 0 saturated carbocycles. The molecule has 0 unspecified atom stereocenters. The van der Waals surface area contributed by atoms with Gasteiger partial charge in [0.1, 0.15) is 0 Å². The molecule has 2 N–H and O–H groups in total. The summed E-state index contributed by atoms with van der Waals surface area (Å²) in [5.41, 5.74) is 2.86. The van der Waals surface area contributed by atoms with Crippen molar-refractivity contribution in [2.45, 2.75) is 18.4 Å². The molecular weight excluding hydrogens is 406 g/mol. The lowest BCUT2D eigenvalue weighted by atomic mass is 9.91. The summed E-state index contributed by atoms with van der Waals surface area (Å²) in [7, 11) is 0. The molecular formula is C25H19N3O4. The number of benzene rings is 3. The molecule has 7 heteroatoms. The fourth-order valence-corrected chi connectivity index (χ4v) is 4.35. The lowest BCUT2D eigenvalue weighted by Crippen LogP contribution is -2.72. The number of amides is 5. The van der Waals surface area contributed by atoms with Crippen LogP contribution >= 0.6 is 0 Å². The molecule has 3 aromatic carbocycles. The molecule has 32 heavy (non-hydrogen) atoms. The average molecular weight is 425 g/mol. The molecule has 158 valence electrons. The first-order chi connectivity index (χ1) is 15.5. The number of carbonyl (C=O) groups is 4. The van der Waals surface area contributed by atoms with Crippen molar-refractivity contribution >= 4 is 29.4 Å². The van der Waals surface area contributed by atoms with E-state index in [2.05, 4.69) is 22.8 Å². The van der Waals surface area contributed by atoms with Crippen molar-refractivity contribution in [3.05, 3.63) is 78.9 Å². The van der Waals surface area contributed by atoms with Gasteiger partial charge in [-0.3, -0.25) is 29.9 Å². The Bertz CT molecular complexity index is 1210. The molecule has 2 aliphatic heterocycles. The van der Waals surface area contributed by atoms with Crippen LogP contribution in [-0.2, 0) is 14.4 Å². The third kappa shape index (κ3) is 3.06. The Morgan fingerprint density at radius 2 is 1.09 bits per heavy atom. The monoisotopic (exact) mass is 425 g/mol. The van der Waals surface area contributed by atoms with Gasteiger partial charge in [-0.1, -0.05) is 66.7 Å². The normalized spacial score (nSPS) is 17.4. The minimum absolute atomic E-state index is 0.0134. The van der Waals surface area contributed by atoms with Gasteiger partial charge in [0, 0.05) is 12.1 Å². The van der Waals surface area contributed by atoms with E-state index in [0.717, 1.165) is 22.3 Å². The first kappa shape index (κ1) is 19.7. The lowest BCUT2D eigenvalue weighted by molar-refractivity contribution is -0.138. The van der Waals surface area contributed by atoms with E-state index in [9.17, 15) is 19.2 Å². The number of barbiturate groups is 1. The molecule has 2 heterocycles. The molecule has 7 nitrogen and oxygen atoms in total. The van der Waals surface area contributed by atoms with Gasteiger partial charge in [0.25, 0.3) is 11.8 Å². The molecule has 1 spiro atoms. The van der Waals surface area contributed by atoms with E-state index < -0.39 is 23.4 Å². The largest absolute Gasteiger partial charge is 0.328 e. The summed E-state index contributed by atoms with van der Waals surface area (Å²) < 4.78 is 0. The molecule has 5 amide bonds. The second kappa shape index (κ2) is 7.46. The van der Waals surface area contributed by atoms with Crippen molar-refractivity contribution in [3.63, 3.8) is 0 Å². The van der Waals surface area contributed by atoms with E-state index in [4.69, 9.17) is 0 Å². The number of rotatable bonds is 3. The SMILES string of the molecule is O=C1NC(=O)C2(CCC(=O)N2c2ccc(-c3ccc(-c4ccccc4)cc3)cc2)C(=O)N1. The highest BCUT2D eigenvalue weighted by atomic mass is 16.2. The second-order valence-electron chi connectivity index (χ2n) is 7.82. The van der Waals surface area contributed by atoms with Gasteiger partial charge in [-0.15, -0.1) is 0 Å². The Morgan fingerprint density at radius 1 is 0.625 bits per heavy atom. The predicted molar refractivity (Wildman–Crippen MR) is 118 cm³/mol. The molecule has 0 bridgehead atoms. The van der Waals surface area contributed by atoms with Gasteiger partial charge < -0.3 is 0 Å². The summed E-state index contributed by atoms with van der Waals surface area (Å²) >= 11 is 0.